The highest BCUT2D eigenvalue weighted by molar-refractivity contribution is 6.29. The number of aromatic nitrogens is 4. The van der Waals surface area contributed by atoms with Crippen LogP contribution in [0, 0.1) is 6.92 Å². The van der Waals surface area contributed by atoms with Gasteiger partial charge >= 0.3 is 0 Å². The maximum absolute atomic E-state index is 9.80. The highest BCUT2D eigenvalue weighted by atomic mass is 35.5. The molecule has 8 nitrogen and oxygen atoms in total. The van der Waals surface area contributed by atoms with E-state index in [1.807, 2.05) is 0 Å². The summed E-state index contributed by atoms with van der Waals surface area (Å²) in [5, 5.41) is 34.3. The number of nitrogens with zero attached hydrogens (tertiary/aromatic N) is 4. The molecule has 0 bridgehead atoms. The van der Waals surface area contributed by atoms with E-state index in [2.05, 4.69) is 20.4 Å². The molecular weight excluding hydrogens is 371 g/mol. The molecule has 0 unspecified atom stereocenters. The summed E-state index contributed by atoms with van der Waals surface area (Å²) in [6, 6.07) is 7.36. The number of halogens is 2. The van der Waals surface area contributed by atoms with Gasteiger partial charge in [-0.2, -0.15) is 0 Å². The molecule has 0 saturated heterocycles. The average molecular weight is 381 g/mol. The molecule has 0 fully saturated rings. The third-order valence-electron chi connectivity index (χ3n) is 3.07. The number of ether oxygens (including phenoxy) is 2. The first kappa shape index (κ1) is 17.0. The maximum Gasteiger partial charge on any atom is 0.281 e. The highest BCUT2D eigenvalue weighted by Crippen LogP contribution is 2.37. The minimum absolute atomic E-state index is 0.0374. The molecule has 10 heteroatoms. The quantitative estimate of drug-likeness (QED) is 0.701. The van der Waals surface area contributed by atoms with Gasteiger partial charge in [0.15, 0.2) is 21.8 Å². The van der Waals surface area contributed by atoms with Crippen molar-refractivity contribution < 1.29 is 19.7 Å². The van der Waals surface area contributed by atoms with Gasteiger partial charge in [-0.1, -0.05) is 29.3 Å². The Morgan fingerprint density at radius 2 is 1.24 bits per heavy atom. The summed E-state index contributed by atoms with van der Waals surface area (Å²) < 4.78 is 11.1. The third kappa shape index (κ3) is 3.81. The predicted molar refractivity (Wildman–Crippen MR) is 88.7 cm³/mol. The Labute approximate surface area is 151 Å². The van der Waals surface area contributed by atoms with E-state index in [-0.39, 0.29) is 33.6 Å². The molecule has 0 atom stereocenters. The Bertz CT molecular complexity index is 868. The zero-order chi connectivity index (χ0) is 18.0. The first-order valence-electron chi connectivity index (χ1n) is 6.83. The molecule has 3 aromatic rings. The summed E-state index contributed by atoms with van der Waals surface area (Å²) in [5.74, 6) is -0.0342. The number of hydrogen-bond acceptors (Lipinski definition) is 8. The summed E-state index contributed by atoms with van der Waals surface area (Å²) in [6.07, 6.45) is 0. The van der Waals surface area contributed by atoms with Gasteiger partial charge in [0, 0.05) is 17.7 Å². The van der Waals surface area contributed by atoms with Crippen molar-refractivity contribution >= 4 is 23.2 Å². The first-order chi connectivity index (χ1) is 11.9. The minimum atomic E-state index is -0.257. The van der Waals surface area contributed by atoms with Crippen molar-refractivity contribution in [2.45, 2.75) is 6.92 Å². The second-order valence-electron chi connectivity index (χ2n) is 4.80. The van der Waals surface area contributed by atoms with Crippen LogP contribution in [0.3, 0.4) is 0 Å². The molecule has 0 aliphatic heterocycles. The SMILES string of the molecule is Cc1c(Oc2nnc(Cl)cc2O)cccc1Oc1nnc(Cl)cc1O. The van der Waals surface area contributed by atoms with Crippen LogP contribution in [0.15, 0.2) is 30.3 Å². The molecule has 0 radical (unpaired) electrons. The van der Waals surface area contributed by atoms with Gasteiger partial charge in [-0.15, -0.1) is 20.4 Å². The summed E-state index contributed by atoms with van der Waals surface area (Å²) >= 11 is 11.3. The van der Waals surface area contributed by atoms with Crippen molar-refractivity contribution in [2.75, 3.05) is 0 Å². The van der Waals surface area contributed by atoms with Gasteiger partial charge in [-0.3, -0.25) is 0 Å². The molecule has 0 spiro atoms. The van der Waals surface area contributed by atoms with Crippen molar-refractivity contribution in [3.8, 4) is 34.8 Å². The molecule has 3 rings (SSSR count). The van der Waals surface area contributed by atoms with E-state index in [4.69, 9.17) is 32.7 Å². The zero-order valence-electron chi connectivity index (χ0n) is 12.6. The van der Waals surface area contributed by atoms with E-state index < -0.39 is 0 Å². The van der Waals surface area contributed by atoms with Crippen LogP contribution in [0.2, 0.25) is 10.3 Å². The van der Waals surface area contributed by atoms with Gasteiger partial charge < -0.3 is 19.7 Å². The van der Waals surface area contributed by atoms with Gasteiger partial charge in [-0.05, 0) is 19.1 Å². The second-order valence-corrected chi connectivity index (χ2v) is 5.57. The Balaban J connectivity index is 1.89. The summed E-state index contributed by atoms with van der Waals surface area (Å²) in [5.41, 5.74) is 0.565. The largest absolute Gasteiger partial charge is 0.503 e. The molecular formula is C15H10Cl2N4O4. The molecule has 0 amide bonds. The molecule has 2 N–H and O–H groups in total. The summed E-state index contributed by atoms with van der Waals surface area (Å²) in [7, 11) is 0. The van der Waals surface area contributed by atoms with Crippen LogP contribution in [0.5, 0.6) is 34.8 Å². The number of rotatable bonds is 4. The average Bonchev–Trinajstić information content (AvgIpc) is 2.56. The fourth-order valence-electron chi connectivity index (χ4n) is 1.86. The number of benzene rings is 1. The van der Waals surface area contributed by atoms with Crippen LogP contribution in [0.25, 0.3) is 0 Å². The van der Waals surface area contributed by atoms with E-state index in [0.717, 1.165) is 0 Å². The van der Waals surface area contributed by atoms with E-state index in [1.54, 1.807) is 25.1 Å². The Morgan fingerprint density at radius 1 is 0.800 bits per heavy atom. The highest BCUT2D eigenvalue weighted by Gasteiger charge is 2.14. The van der Waals surface area contributed by atoms with Crippen LogP contribution >= 0.6 is 23.2 Å². The van der Waals surface area contributed by atoms with Crippen LogP contribution in [-0.4, -0.2) is 30.6 Å². The molecule has 2 aromatic heterocycles. The van der Waals surface area contributed by atoms with E-state index in [0.29, 0.717) is 17.1 Å². The molecule has 2 heterocycles. The van der Waals surface area contributed by atoms with Gasteiger partial charge in [0.1, 0.15) is 11.5 Å². The van der Waals surface area contributed by atoms with Gasteiger partial charge in [0.05, 0.1) is 0 Å². The molecule has 1 aromatic carbocycles. The lowest BCUT2D eigenvalue weighted by Gasteiger charge is -2.13. The summed E-state index contributed by atoms with van der Waals surface area (Å²) in [6.45, 7) is 1.71. The zero-order valence-corrected chi connectivity index (χ0v) is 14.2. The molecule has 0 aliphatic carbocycles. The Kier molecular flexibility index (Phi) is 4.73. The summed E-state index contributed by atoms with van der Waals surface area (Å²) in [4.78, 5) is 0. The number of hydrogen-bond donors (Lipinski definition) is 2. The molecule has 0 aliphatic rings. The molecule has 25 heavy (non-hydrogen) atoms. The van der Waals surface area contributed by atoms with Gasteiger partial charge in [0.25, 0.3) is 11.8 Å². The second kappa shape index (κ2) is 6.96. The topological polar surface area (TPSA) is 110 Å². The van der Waals surface area contributed by atoms with E-state index >= 15 is 0 Å². The smallest absolute Gasteiger partial charge is 0.281 e. The van der Waals surface area contributed by atoms with Gasteiger partial charge in [0.2, 0.25) is 0 Å². The van der Waals surface area contributed by atoms with Crippen LogP contribution in [0.4, 0.5) is 0 Å². The van der Waals surface area contributed by atoms with Gasteiger partial charge in [-0.25, -0.2) is 0 Å². The van der Waals surface area contributed by atoms with Crippen LogP contribution in [0.1, 0.15) is 5.56 Å². The van der Waals surface area contributed by atoms with Crippen molar-refractivity contribution in [3.05, 3.63) is 46.2 Å². The molecule has 0 saturated carbocycles. The van der Waals surface area contributed by atoms with Crippen LogP contribution < -0.4 is 9.47 Å². The Morgan fingerprint density at radius 3 is 1.64 bits per heavy atom. The van der Waals surface area contributed by atoms with E-state index in [1.165, 1.54) is 12.1 Å². The normalized spacial score (nSPS) is 10.5. The van der Waals surface area contributed by atoms with Crippen molar-refractivity contribution in [3.63, 3.8) is 0 Å². The Hall–Kier alpha value is -2.84. The standard InChI is InChI=1S/C15H10Cl2N4O4/c1-7-10(24-14-8(22)5-12(16)18-20-14)3-2-4-11(7)25-15-9(23)6-13(17)19-21-15/h2-6H,1H3,(H,18,22)(H,19,23). The van der Waals surface area contributed by atoms with Crippen LogP contribution in [-0.2, 0) is 0 Å². The number of aromatic hydroxyl groups is 2. The lowest BCUT2D eigenvalue weighted by Crippen LogP contribution is -1.96. The lowest BCUT2D eigenvalue weighted by molar-refractivity contribution is 0.378. The minimum Gasteiger partial charge on any atom is -0.503 e. The molecule has 128 valence electrons. The van der Waals surface area contributed by atoms with Crippen molar-refractivity contribution in [1.82, 2.24) is 20.4 Å². The van der Waals surface area contributed by atoms with Crippen molar-refractivity contribution in [2.24, 2.45) is 0 Å². The fourth-order valence-corrected chi connectivity index (χ4v) is 2.15. The monoisotopic (exact) mass is 380 g/mol. The first-order valence-corrected chi connectivity index (χ1v) is 7.59. The third-order valence-corrected chi connectivity index (χ3v) is 3.44. The predicted octanol–water partition coefficient (Wildman–Crippen LogP) is 3.88. The van der Waals surface area contributed by atoms with Crippen molar-refractivity contribution in [1.29, 1.82) is 0 Å². The fraction of sp³-hybridized carbons (Fsp3) is 0.0667. The van der Waals surface area contributed by atoms with E-state index in [9.17, 15) is 10.2 Å². The lowest BCUT2D eigenvalue weighted by atomic mass is 10.2. The maximum atomic E-state index is 9.80.